The molecule has 1 aliphatic rings. The summed E-state index contributed by atoms with van der Waals surface area (Å²) in [5.74, 6) is -1.99. The van der Waals surface area contributed by atoms with E-state index in [9.17, 15) is 14.4 Å². The smallest absolute Gasteiger partial charge is 0.361 e. The SMILES string of the molecule is COC(=O)c1nnn([C@@H]2C(=O)N(c3ccc(C)cc3)[C@@H]2/C=C/c2ccccc2)c1C(=O)OC. The summed E-state index contributed by atoms with van der Waals surface area (Å²) in [6.45, 7) is 1.96. The zero-order valence-electron chi connectivity index (χ0n) is 18.3. The maximum absolute atomic E-state index is 13.3. The first-order chi connectivity index (χ1) is 16.0. The summed E-state index contributed by atoms with van der Waals surface area (Å²) in [6.07, 6.45) is 3.75. The van der Waals surface area contributed by atoms with Crippen molar-refractivity contribution in [1.29, 1.82) is 0 Å². The van der Waals surface area contributed by atoms with Crippen molar-refractivity contribution in [3.05, 3.63) is 83.2 Å². The van der Waals surface area contributed by atoms with Crippen molar-refractivity contribution in [2.75, 3.05) is 19.1 Å². The number of aryl methyl sites for hydroxylation is 1. The highest BCUT2D eigenvalue weighted by Gasteiger charge is 2.50. The molecule has 9 nitrogen and oxygen atoms in total. The second-order valence-corrected chi connectivity index (χ2v) is 7.46. The van der Waals surface area contributed by atoms with E-state index in [0.29, 0.717) is 5.69 Å². The Morgan fingerprint density at radius 3 is 2.27 bits per heavy atom. The second-order valence-electron chi connectivity index (χ2n) is 7.46. The van der Waals surface area contributed by atoms with E-state index in [2.05, 4.69) is 10.3 Å². The molecule has 1 amide bonds. The standard InChI is InChI=1S/C24H22N4O5/c1-15-9-12-17(13-10-15)27-18(14-11-16-7-5-4-6-8-16)20(22(27)29)28-21(24(31)33-3)19(25-26-28)23(30)32-2/h4-14,18,20H,1-3H3/b14-11+/t18-,20+/m1/s1. The molecule has 0 spiro atoms. The van der Waals surface area contributed by atoms with Crippen LogP contribution in [0.2, 0.25) is 0 Å². The maximum atomic E-state index is 13.3. The molecule has 2 aromatic carbocycles. The number of β-lactam (4-membered cyclic amide) rings is 1. The molecular weight excluding hydrogens is 424 g/mol. The van der Waals surface area contributed by atoms with Crippen molar-refractivity contribution in [1.82, 2.24) is 15.0 Å². The Bertz CT molecular complexity index is 1220. The summed E-state index contributed by atoms with van der Waals surface area (Å²) in [5, 5.41) is 7.76. The van der Waals surface area contributed by atoms with Gasteiger partial charge in [0.15, 0.2) is 11.7 Å². The fourth-order valence-corrected chi connectivity index (χ4v) is 3.72. The molecule has 2 atom stereocenters. The number of carbonyl (C=O) groups excluding carboxylic acids is 3. The van der Waals surface area contributed by atoms with Crippen molar-refractivity contribution >= 4 is 29.6 Å². The Morgan fingerprint density at radius 2 is 1.64 bits per heavy atom. The molecule has 0 N–H and O–H groups in total. The third-order valence-corrected chi connectivity index (χ3v) is 5.43. The minimum Gasteiger partial charge on any atom is -0.464 e. The third kappa shape index (κ3) is 4.00. The van der Waals surface area contributed by atoms with E-state index in [4.69, 9.17) is 9.47 Å². The van der Waals surface area contributed by atoms with Gasteiger partial charge in [0.2, 0.25) is 5.69 Å². The lowest BCUT2D eigenvalue weighted by Crippen LogP contribution is -2.61. The number of amides is 1. The Hall–Kier alpha value is -4.27. The van der Waals surface area contributed by atoms with Crippen LogP contribution in [0.25, 0.3) is 6.08 Å². The highest BCUT2D eigenvalue weighted by atomic mass is 16.5. The van der Waals surface area contributed by atoms with Crippen molar-refractivity contribution < 1.29 is 23.9 Å². The predicted octanol–water partition coefficient (Wildman–Crippen LogP) is 2.83. The van der Waals surface area contributed by atoms with Gasteiger partial charge in [-0.15, -0.1) is 5.10 Å². The summed E-state index contributed by atoms with van der Waals surface area (Å²) >= 11 is 0. The highest BCUT2D eigenvalue weighted by Crippen LogP contribution is 2.38. The average Bonchev–Trinajstić information content (AvgIpc) is 3.26. The zero-order chi connectivity index (χ0) is 23.5. The maximum Gasteiger partial charge on any atom is 0.361 e. The lowest BCUT2D eigenvalue weighted by atomic mass is 9.92. The van der Waals surface area contributed by atoms with E-state index in [1.165, 1.54) is 14.2 Å². The Kier molecular flexibility index (Phi) is 6.03. The fourth-order valence-electron chi connectivity index (χ4n) is 3.72. The van der Waals surface area contributed by atoms with Gasteiger partial charge >= 0.3 is 11.9 Å². The molecule has 33 heavy (non-hydrogen) atoms. The van der Waals surface area contributed by atoms with Crippen LogP contribution in [0.4, 0.5) is 5.69 Å². The number of rotatable bonds is 6. The van der Waals surface area contributed by atoms with Gasteiger partial charge in [0.1, 0.15) is 0 Å². The quantitative estimate of drug-likeness (QED) is 0.424. The number of nitrogens with zero attached hydrogens (tertiary/aromatic N) is 4. The molecule has 2 heterocycles. The normalized spacial score (nSPS) is 17.7. The molecule has 1 fully saturated rings. The molecule has 9 heteroatoms. The summed E-state index contributed by atoms with van der Waals surface area (Å²) in [4.78, 5) is 39.6. The van der Waals surface area contributed by atoms with Crippen molar-refractivity contribution in [2.45, 2.75) is 19.0 Å². The summed E-state index contributed by atoms with van der Waals surface area (Å²) in [6, 6.07) is 15.8. The van der Waals surface area contributed by atoms with Crippen LogP contribution >= 0.6 is 0 Å². The number of hydrogen-bond donors (Lipinski definition) is 0. The molecule has 0 radical (unpaired) electrons. The molecule has 0 unspecified atom stereocenters. The topological polar surface area (TPSA) is 104 Å². The lowest BCUT2D eigenvalue weighted by molar-refractivity contribution is -0.128. The second kappa shape index (κ2) is 9.07. The van der Waals surface area contributed by atoms with Crippen LogP contribution in [-0.2, 0) is 14.3 Å². The Labute approximate surface area is 190 Å². The molecular formula is C24H22N4O5. The van der Waals surface area contributed by atoms with Crippen LogP contribution in [-0.4, -0.2) is 53.1 Å². The van der Waals surface area contributed by atoms with Gasteiger partial charge < -0.3 is 14.4 Å². The number of ether oxygens (including phenoxy) is 2. The highest BCUT2D eigenvalue weighted by molar-refractivity contribution is 6.06. The largest absolute Gasteiger partial charge is 0.464 e. The van der Waals surface area contributed by atoms with E-state index >= 15 is 0 Å². The van der Waals surface area contributed by atoms with Crippen molar-refractivity contribution in [3.8, 4) is 0 Å². The molecule has 0 saturated carbocycles. The number of methoxy groups -OCH3 is 2. The molecule has 4 rings (SSSR count). The van der Waals surface area contributed by atoms with Gasteiger partial charge in [-0.05, 0) is 24.6 Å². The first-order valence-corrected chi connectivity index (χ1v) is 10.2. The van der Waals surface area contributed by atoms with Gasteiger partial charge in [-0.25, -0.2) is 14.3 Å². The van der Waals surface area contributed by atoms with Gasteiger partial charge in [0.25, 0.3) is 5.91 Å². The Balaban J connectivity index is 1.78. The zero-order valence-corrected chi connectivity index (χ0v) is 18.3. The predicted molar refractivity (Wildman–Crippen MR) is 120 cm³/mol. The monoisotopic (exact) mass is 446 g/mol. The molecule has 1 saturated heterocycles. The molecule has 1 aliphatic heterocycles. The molecule has 0 aliphatic carbocycles. The van der Waals surface area contributed by atoms with Gasteiger partial charge in [0, 0.05) is 5.69 Å². The van der Waals surface area contributed by atoms with Crippen LogP contribution < -0.4 is 4.90 Å². The van der Waals surface area contributed by atoms with Crippen LogP contribution in [0.5, 0.6) is 0 Å². The number of esters is 2. The van der Waals surface area contributed by atoms with E-state index in [1.54, 1.807) is 4.90 Å². The van der Waals surface area contributed by atoms with Crippen LogP contribution in [0, 0.1) is 6.92 Å². The van der Waals surface area contributed by atoms with Gasteiger partial charge in [-0.1, -0.05) is 65.4 Å². The van der Waals surface area contributed by atoms with Crippen molar-refractivity contribution in [2.24, 2.45) is 0 Å². The van der Waals surface area contributed by atoms with E-state index in [-0.39, 0.29) is 17.3 Å². The Morgan fingerprint density at radius 1 is 0.970 bits per heavy atom. The minimum atomic E-state index is -0.897. The van der Waals surface area contributed by atoms with Crippen molar-refractivity contribution in [3.63, 3.8) is 0 Å². The number of hydrogen-bond acceptors (Lipinski definition) is 7. The lowest BCUT2D eigenvalue weighted by Gasteiger charge is -2.45. The first kappa shape index (κ1) is 21.9. The van der Waals surface area contributed by atoms with Crippen LogP contribution in [0.1, 0.15) is 38.1 Å². The number of anilines is 1. The van der Waals surface area contributed by atoms with Gasteiger partial charge in [-0.2, -0.15) is 0 Å². The van der Waals surface area contributed by atoms with E-state index < -0.39 is 24.0 Å². The minimum absolute atomic E-state index is 0.232. The molecule has 0 bridgehead atoms. The molecule has 168 valence electrons. The number of carbonyl (C=O) groups is 3. The van der Waals surface area contributed by atoms with Gasteiger partial charge in [-0.3, -0.25) is 4.79 Å². The first-order valence-electron chi connectivity index (χ1n) is 10.2. The fraction of sp³-hybridized carbons (Fsp3) is 0.208. The summed E-state index contributed by atoms with van der Waals surface area (Å²) in [7, 11) is 2.34. The van der Waals surface area contributed by atoms with Crippen LogP contribution in [0.15, 0.2) is 60.7 Å². The summed E-state index contributed by atoms with van der Waals surface area (Å²) in [5.41, 5.74) is 2.17. The third-order valence-electron chi connectivity index (χ3n) is 5.43. The molecule has 1 aromatic heterocycles. The van der Waals surface area contributed by atoms with E-state index in [1.807, 2.05) is 73.7 Å². The number of benzene rings is 2. The molecule has 3 aromatic rings. The van der Waals surface area contributed by atoms with E-state index in [0.717, 1.165) is 15.8 Å². The number of aromatic nitrogens is 3. The van der Waals surface area contributed by atoms with Crippen LogP contribution in [0.3, 0.4) is 0 Å². The summed E-state index contributed by atoms with van der Waals surface area (Å²) < 4.78 is 10.7. The van der Waals surface area contributed by atoms with Gasteiger partial charge in [0.05, 0.1) is 20.3 Å². The average molecular weight is 446 g/mol.